The molecule has 1 heterocycles. The molecule has 5 nitrogen and oxygen atoms in total. The van der Waals surface area contributed by atoms with Crippen molar-refractivity contribution in [2.24, 2.45) is 0 Å². The van der Waals surface area contributed by atoms with Crippen molar-refractivity contribution in [3.05, 3.63) is 20.8 Å². The van der Waals surface area contributed by atoms with Gasteiger partial charge in [0.05, 0.1) is 6.54 Å². The molecule has 0 fully saturated rings. The highest BCUT2D eigenvalue weighted by Crippen LogP contribution is 2.20. The van der Waals surface area contributed by atoms with Crippen molar-refractivity contribution in [3.8, 4) is 0 Å². The van der Waals surface area contributed by atoms with Gasteiger partial charge in [0.25, 0.3) is 0 Å². The summed E-state index contributed by atoms with van der Waals surface area (Å²) in [7, 11) is 1.64. The maximum Gasteiger partial charge on any atom is 0.326 e. The molecule has 100 valence electrons. The van der Waals surface area contributed by atoms with Crippen LogP contribution in [0.4, 0.5) is 4.79 Å². The third-order valence-corrected chi connectivity index (χ3v) is 4.05. The molecule has 0 radical (unpaired) electrons. The standard InChI is InChI=1S/C11H15BrN2O3S/c1-3-9(10(15)16)13-11(17)14(2)5-8-4-7(12)6-18-8/h4,6,9H,3,5H2,1-2H3,(H,13,17)(H,15,16)/t9-/m1/s1. The van der Waals surface area contributed by atoms with Crippen LogP contribution in [-0.2, 0) is 11.3 Å². The zero-order chi connectivity index (χ0) is 13.7. The highest BCUT2D eigenvalue weighted by Gasteiger charge is 2.19. The maximum absolute atomic E-state index is 11.8. The molecule has 7 heteroatoms. The van der Waals surface area contributed by atoms with Gasteiger partial charge in [-0.3, -0.25) is 0 Å². The second-order valence-corrected chi connectivity index (χ2v) is 5.75. The molecule has 0 spiro atoms. The van der Waals surface area contributed by atoms with Gasteiger partial charge in [-0.25, -0.2) is 9.59 Å². The summed E-state index contributed by atoms with van der Waals surface area (Å²) in [5, 5.41) is 13.3. The molecule has 2 N–H and O–H groups in total. The molecule has 0 aliphatic carbocycles. The second-order valence-electron chi connectivity index (χ2n) is 3.84. The lowest BCUT2D eigenvalue weighted by molar-refractivity contribution is -0.139. The molecule has 0 saturated carbocycles. The first-order valence-electron chi connectivity index (χ1n) is 5.41. The van der Waals surface area contributed by atoms with Crippen LogP contribution in [0.3, 0.4) is 0 Å². The number of halogens is 1. The van der Waals surface area contributed by atoms with E-state index < -0.39 is 12.0 Å². The van der Waals surface area contributed by atoms with Crippen molar-refractivity contribution < 1.29 is 14.7 Å². The first-order valence-corrected chi connectivity index (χ1v) is 7.08. The topological polar surface area (TPSA) is 69.6 Å². The number of amides is 2. The van der Waals surface area contributed by atoms with Crippen LogP contribution >= 0.6 is 27.3 Å². The van der Waals surface area contributed by atoms with Gasteiger partial charge < -0.3 is 15.3 Å². The first kappa shape index (κ1) is 15.0. The van der Waals surface area contributed by atoms with E-state index in [0.717, 1.165) is 9.35 Å². The Balaban J connectivity index is 2.53. The van der Waals surface area contributed by atoms with E-state index in [-0.39, 0.29) is 6.03 Å². The highest BCUT2D eigenvalue weighted by atomic mass is 79.9. The first-order chi connectivity index (χ1) is 8.43. The lowest BCUT2D eigenvalue weighted by atomic mass is 10.2. The average Bonchev–Trinajstić information content (AvgIpc) is 2.70. The van der Waals surface area contributed by atoms with E-state index in [9.17, 15) is 9.59 Å². The minimum Gasteiger partial charge on any atom is -0.480 e. The quantitative estimate of drug-likeness (QED) is 0.869. The fourth-order valence-corrected chi connectivity index (χ4v) is 2.84. The smallest absolute Gasteiger partial charge is 0.326 e. The molecule has 0 unspecified atom stereocenters. The predicted octanol–water partition coefficient (Wildman–Crippen LogP) is 2.52. The van der Waals surface area contributed by atoms with Crippen LogP contribution in [0.5, 0.6) is 0 Å². The molecular formula is C11H15BrN2O3S. The minimum atomic E-state index is -1.02. The van der Waals surface area contributed by atoms with Gasteiger partial charge in [0.15, 0.2) is 0 Å². The number of nitrogens with one attached hydrogen (secondary N) is 1. The van der Waals surface area contributed by atoms with Gasteiger partial charge in [-0.05, 0) is 28.4 Å². The van der Waals surface area contributed by atoms with Gasteiger partial charge in [0.1, 0.15) is 6.04 Å². The van der Waals surface area contributed by atoms with E-state index in [4.69, 9.17) is 5.11 Å². The SMILES string of the molecule is CC[C@@H](NC(=O)N(C)Cc1cc(Br)cs1)C(=O)O. The number of nitrogens with zero attached hydrogens (tertiary/aromatic N) is 1. The lowest BCUT2D eigenvalue weighted by Crippen LogP contribution is -2.46. The molecule has 1 aromatic rings. The molecule has 1 atom stereocenters. The number of rotatable bonds is 5. The summed E-state index contributed by atoms with van der Waals surface area (Å²) >= 11 is 4.88. The molecule has 18 heavy (non-hydrogen) atoms. The van der Waals surface area contributed by atoms with Crippen LogP contribution in [-0.4, -0.2) is 35.1 Å². The minimum absolute atomic E-state index is 0.361. The third-order valence-electron chi connectivity index (χ3n) is 2.37. The molecule has 0 aromatic carbocycles. The van der Waals surface area contributed by atoms with Crippen molar-refractivity contribution in [3.63, 3.8) is 0 Å². The molecule has 2 amide bonds. The van der Waals surface area contributed by atoms with Gasteiger partial charge in [-0.2, -0.15) is 0 Å². The summed E-state index contributed by atoms with van der Waals surface area (Å²) in [6.07, 6.45) is 0.361. The summed E-state index contributed by atoms with van der Waals surface area (Å²) in [4.78, 5) is 25.1. The Hall–Kier alpha value is -1.08. The molecule has 0 aliphatic rings. The fraction of sp³-hybridized carbons (Fsp3) is 0.455. The number of carbonyl (C=O) groups is 2. The van der Waals surface area contributed by atoms with Gasteiger partial charge >= 0.3 is 12.0 Å². The summed E-state index contributed by atoms with van der Waals surface area (Å²) < 4.78 is 0.980. The average molecular weight is 335 g/mol. The van der Waals surface area contributed by atoms with Crippen molar-refractivity contribution >= 4 is 39.3 Å². The monoisotopic (exact) mass is 334 g/mol. The zero-order valence-corrected chi connectivity index (χ0v) is 12.5. The molecule has 0 saturated heterocycles. The van der Waals surface area contributed by atoms with Crippen LogP contribution in [0.15, 0.2) is 15.9 Å². The number of carboxylic acid groups (broad SMARTS) is 1. The summed E-state index contributed by atoms with van der Waals surface area (Å²) in [6, 6.07) is 0.715. The van der Waals surface area contributed by atoms with Gasteiger partial charge in [0.2, 0.25) is 0 Å². The van der Waals surface area contributed by atoms with Crippen LogP contribution < -0.4 is 5.32 Å². The van der Waals surface area contributed by atoms with Gasteiger partial charge in [-0.15, -0.1) is 11.3 Å². The Morgan fingerprint density at radius 3 is 2.72 bits per heavy atom. The van der Waals surface area contributed by atoms with Crippen molar-refractivity contribution in [1.82, 2.24) is 10.2 Å². The number of thiophene rings is 1. The number of carbonyl (C=O) groups excluding carboxylic acids is 1. The van der Waals surface area contributed by atoms with Gasteiger partial charge in [-0.1, -0.05) is 6.92 Å². The van der Waals surface area contributed by atoms with E-state index in [1.807, 2.05) is 11.4 Å². The van der Waals surface area contributed by atoms with E-state index in [1.165, 1.54) is 4.90 Å². The van der Waals surface area contributed by atoms with Crippen LogP contribution in [0.1, 0.15) is 18.2 Å². The Kier molecular flexibility index (Phi) is 5.61. The molecule has 1 rings (SSSR count). The number of carboxylic acids is 1. The Morgan fingerprint density at radius 1 is 1.61 bits per heavy atom. The van der Waals surface area contributed by atoms with Crippen LogP contribution in [0.25, 0.3) is 0 Å². The van der Waals surface area contributed by atoms with Crippen molar-refractivity contribution in [2.75, 3.05) is 7.05 Å². The van der Waals surface area contributed by atoms with Crippen molar-refractivity contribution in [1.29, 1.82) is 0 Å². The molecule has 0 bridgehead atoms. The van der Waals surface area contributed by atoms with Crippen molar-refractivity contribution in [2.45, 2.75) is 25.9 Å². The summed E-state index contributed by atoms with van der Waals surface area (Å²) in [5.41, 5.74) is 0. The number of hydrogen-bond donors (Lipinski definition) is 2. The summed E-state index contributed by atoms with van der Waals surface area (Å²) in [5.74, 6) is -1.02. The largest absolute Gasteiger partial charge is 0.480 e. The molecule has 1 aromatic heterocycles. The van der Waals surface area contributed by atoms with E-state index >= 15 is 0 Å². The number of hydrogen-bond acceptors (Lipinski definition) is 3. The maximum atomic E-state index is 11.8. The Morgan fingerprint density at radius 2 is 2.28 bits per heavy atom. The Labute approximate surface area is 118 Å². The predicted molar refractivity (Wildman–Crippen MR) is 73.7 cm³/mol. The summed E-state index contributed by atoms with van der Waals surface area (Å²) in [6.45, 7) is 2.17. The highest BCUT2D eigenvalue weighted by molar-refractivity contribution is 9.10. The fourth-order valence-electron chi connectivity index (χ4n) is 1.34. The van der Waals surface area contributed by atoms with E-state index in [2.05, 4.69) is 21.2 Å². The lowest BCUT2D eigenvalue weighted by Gasteiger charge is -2.20. The zero-order valence-electron chi connectivity index (χ0n) is 10.1. The molecule has 0 aliphatic heterocycles. The number of urea groups is 1. The Bertz CT molecular complexity index is 436. The van der Waals surface area contributed by atoms with Crippen LogP contribution in [0, 0.1) is 0 Å². The van der Waals surface area contributed by atoms with E-state index in [1.54, 1.807) is 25.3 Å². The van der Waals surface area contributed by atoms with Gasteiger partial charge in [0, 0.05) is 21.8 Å². The number of aliphatic carboxylic acids is 1. The molecular weight excluding hydrogens is 320 g/mol. The normalized spacial score (nSPS) is 11.9. The second kappa shape index (κ2) is 6.75. The third kappa shape index (κ3) is 4.30. The van der Waals surface area contributed by atoms with Crippen LogP contribution in [0.2, 0.25) is 0 Å². The van der Waals surface area contributed by atoms with E-state index in [0.29, 0.717) is 13.0 Å².